The number of nitro groups is 1. The van der Waals surface area contributed by atoms with Crippen molar-refractivity contribution in [2.45, 2.75) is 20.0 Å². The number of ether oxygens (including phenoxy) is 1. The number of nitro benzene ring substituents is 1. The Morgan fingerprint density at radius 2 is 1.95 bits per heavy atom. The second-order valence-electron chi connectivity index (χ2n) is 4.54. The summed E-state index contributed by atoms with van der Waals surface area (Å²) in [6, 6.07) is 3.91. The molecule has 1 aromatic rings. The fraction of sp³-hybridized carbons (Fsp3) is 0.385. The molecular weight excluding hydrogens is 264 g/mol. The molecule has 0 spiro atoms. The Morgan fingerprint density at radius 3 is 2.40 bits per heavy atom. The minimum absolute atomic E-state index is 0.0704. The number of hydrogen-bond donors (Lipinski definition) is 0. The Hall–Kier alpha value is -2.44. The number of rotatable bonds is 4. The Balaban J connectivity index is 2.86. The SMILES string of the molecule is Cc1cc(C(=O)O[C@H](C)C(=O)N(C)C)ccc1[N+](=O)[O-]. The van der Waals surface area contributed by atoms with Gasteiger partial charge in [0.1, 0.15) is 0 Å². The summed E-state index contributed by atoms with van der Waals surface area (Å²) in [4.78, 5) is 34.9. The molecule has 7 nitrogen and oxygen atoms in total. The third-order valence-electron chi connectivity index (χ3n) is 2.70. The van der Waals surface area contributed by atoms with Gasteiger partial charge in [0.15, 0.2) is 6.10 Å². The van der Waals surface area contributed by atoms with E-state index >= 15 is 0 Å². The number of carbonyl (C=O) groups excluding carboxylic acids is 2. The highest BCUT2D eigenvalue weighted by atomic mass is 16.6. The minimum Gasteiger partial charge on any atom is -0.449 e. The number of esters is 1. The van der Waals surface area contributed by atoms with Crippen LogP contribution in [0.5, 0.6) is 0 Å². The standard InChI is InChI=1S/C13H16N2O5/c1-8-7-10(5-6-11(8)15(18)19)13(17)20-9(2)12(16)14(3)4/h5-7,9H,1-4H3/t9-/m1/s1. The molecule has 1 amide bonds. The summed E-state index contributed by atoms with van der Waals surface area (Å²) in [7, 11) is 3.12. The fourth-order valence-corrected chi connectivity index (χ4v) is 1.63. The van der Waals surface area contributed by atoms with Gasteiger partial charge >= 0.3 is 5.97 Å². The van der Waals surface area contributed by atoms with Crippen LogP contribution in [0, 0.1) is 17.0 Å². The molecule has 20 heavy (non-hydrogen) atoms. The summed E-state index contributed by atoms with van der Waals surface area (Å²) >= 11 is 0. The van der Waals surface area contributed by atoms with Gasteiger partial charge in [-0.2, -0.15) is 0 Å². The van der Waals surface area contributed by atoms with Crippen molar-refractivity contribution in [1.82, 2.24) is 4.90 Å². The van der Waals surface area contributed by atoms with E-state index in [0.717, 1.165) is 0 Å². The number of aryl methyl sites for hydroxylation is 1. The molecule has 0 fully saturated rings. The van der Waals surface area contributed by atoms with Crippen LogP contribution >= 0.6 is 0 Å². The van der Waals surface area contributed by atoms with Crippen LogP contribution in [0.1, 0.15) is 22.8 Å². The first-order valence-electron chi connectivity index (χ1n) is 5.91. The van der Waals surface area contributed by atoms with Gasteiger partial charge in [0, 0.05) is 25.7 Å². The number of benzene rings is 1. The van der Waals surface area contributed by atoms with Gasteiger partial charge in [-0.25, -0.2) is 4.79 Å². The highest BCUT2D eigenvalue weighted by Crippen LogP contribution is 2.19. The van der Waals surface area contributed by atoms with E-state index in [1.54, 1.807) is 14.1 Å². The van der Waals surface area contributed by atoms with E-state index in [2.05, 4.69) is 0 Å². The summed E-state index contributed by atoms with van der Waals surface area (Å²) in [5, 5.41) is 10.7. The van der Waals surface area contributed by atoms with Crippen molar-refractivity contribution in [3.63, 3.8) is 0 Å². The zero-order valence-electron chi connectivity index (χ0n) is 11.7. The van der Waals surface area contributed by atoms with Gasteiger partial charge < -0.3 is 9.64 Å². The molecule has 1 aromatic carbocycles. The van der Waals surface area contributed by atoms with Crippen LogP contribution in [0.25, 0.3) is 0 Å². The van der Waals surface area contributed by atoms with Crippen LogP contribution in [-0.4, -0.2) is 41.9 Å². The Kier molecular flexibility index (Phi) is 4.79. The average molecular weight is 280 g/mol. The number of likely N-dealkylation sites (N-methyl/N-ethyl adjacent to an activating group) is 1. The van der Waals surface area contributed by atoms with Crippen LogP contribution in [-0.2, 0) is 9.53 Å². The maximum atomic E-state index is 11.9. The largest absolute Gasteiger partial charge is 0.449 e. The van der Waals surface area contributed by atoms with Crippen LogP contribution < -0.4 is 0 Å². The lowest BCUT2D eigenvalue weighted by Crippen LogP contribution is -2.34. The van der Waals surface area contributed by atoms with Crippen LogP contribution in [0.3, 0.4) is 0 Å². The molecule has 7 heteroatoms. The molecule has 0 saturated carbocycles. The molecule has 0 bridgehead atoms. The van der Waals surface area contributed by atoms with Crippen molar-refractivity contribution in [2.75, 3.05) is 14.1 Å². The summed E-state index contributed by atoms with van der Waals surface area (Å²) in [6.07, 6.45) is -0.909. The van der Waals surface area contributed by atoms with E-state index in [9.17, 15) is 19.7 Å². The van der Waals surface area contributed by atoms with Crippen LogP contribution in [0.15, 0.2) is 18.2 Å². The lowest BCUT2D eigenvalue weighted by Gasteiger charge is -2.17. The smallest absolute Gasteiger partial charge is 0.338 e. The van der Waals surface area contributed by atoms with Crippen molar-refractivity contribution >= 4 is 17.6 Å². The lowest BCUT2D eigenvalue weighted by atomic mass is 10.1. The number of carbonyl (C=O) groups is 2. The topological polar surface area (TPSA) is 89.8 Å². The molecule has 0 heterocycles. The van der Waals surface area contributed by atoms with Crippen molar-refractivity contribution < 1.29 is 19.2 Å². The first kappa shape index (κ1) is 15.6. The summed E-state index contributed by atoms with van der Waals surface area (Å²) in [6.45, 7) is 3.00. The van der Waals surface area contributed by atoms with Gasteiger partial charge in [0.2, 0.25) is 0 Å². The lowest BCUT2D eigenvalue weighted by molar-refractivity contribution is -0.385. The third kappa shape index (κ3) is 3.53. The first-order valence-corrected chi connectivity index (χ1v) is 5.91. The molecule has 0 unspecified atom stereocenters. The van der Waals surface area contributed by atoms with Crippen LogP contribution in [0.4, 0.5) is 5.69 Å². The van der Waals surface area contributed by atoms with Crippen molar-refractivity contribution in [2.24, 2.45) is 0 Å². The predicted molar refractivity (Wildman–Crippen MR) is 71.4 cm³/mol. The van der Waals surface area contributed by atoms with Gasteiger partial charge in [-0.05, 0) is 26.0 Å². The van der Waals surface area contributed by atoms with E-state index in [1.165, 1.54) is 36.9 Å². The van der Waals surface area contributed by atoms with E-state index in [0.29, 0.717) is 5.56 Å². The molecular formula is C13H16N2O5. The average Bonchev–Trinajstić information content (AvgIpc) is 2.36. The minimum atomic E-state index is -0.909. The van der Waals surface area contributed by atoms with E-state index < -0.39 is 17.0 Å². The summed E-state index contributed by atoms with van der Waals surface area (Å²) < 4.78 is 5.01. The predicted octanol–water partition coefficient (Wildman–Crippen LogP) is 1.54. The summed E-state index contributed by atoms with van der Waals surface area (Å²) in [5.41, 5.74) is 0.460. The zero-order valence-corrected chi connectivity index (χ0v) is 11.7. The zero-order chi connectivity index (χ0) is 15.4. The van der Waals surface area contributed by atoms with E-state index in [-0.39, 0.29) is 17.2 Å². The van der Waals surface area contributed by atoms with Gasteiger partial charge in [0.25, 0.3) is 11.6 Å². The van der Waals surface area contributed by atoms with Gasteiger partial charge in [-0.1, -0.05) is 0 Å². The molecule has 0 aliphatic carbocycles. The molecule has 1 rings (SSSR count). The molecule has 108 valence electrons. The van der Waals surface area contributed by atoms with Crippen molar-refractivity contribution in [3.05, 3.63) is 39.4 Å². The van der Waals surface area contributed by atoms with Crippen molar-refractivity contribution in [3.8, 4) is 0 Å². The molecule has 0 aromatic heterocycles. The second kappa shape index (κ2) is 6.14. The monoisotopic (exact) mass is 280 g/mol. The Bertz CT molecular complexity index is 554. The Morgan fingerprint density at radius 1 is 1.35 bits per heavy atom. The van der Waals surface area contributed by atoms with Gasteiger partial charge in [-0.3, -0.25) is 14.9 Å². The second-order valence-corrected chi connectivity index (χ2v) is 4.54. The Labute approximate surface area is 116 Å². The maximum absolute atomic E-state index is 11.9. The highest BCUT2D eigenvalue weighted by Gasteiger charge is 2.21. The van der Waals surface area contributed by atoms with E-state index in [1.807, 2.05) is 0 Å². The van der Waals surface area contributed by atoms with Gasteiger partial charge in [0.05, 0.1) is 10.5 Å². The third-order valence-corrected chi connectivity index (χ3v) is 2.70. The molecule has 0 aliphatic rings. The maximum Gasteiger partial charge on any atom is 0.338 e. The van der Waals surface area contributed by atoms with Gasteiger partial charge in [-0.15, -0.1) is 0 Å². The number of amides is 1. The molecule has 0 N–H and O–H groups in total. The number of hydrogen-bond acceptors (Lipinski definition) is 5. The molecule has 1 atom stereocenters. The fourth-order valence-electron chi connectivity index (χ4n) is 1.63. The molecule has 0 aliphatic heterocycles. The first-order chi connectivity index (χ1) is 9.23. The summed E-state index contributed by atoms with van der Waals surface area (Å²) in [5.74, 6) is -1.03. The quantitative estimate of drug-likeness (QED) is 0.474. The van der Waals surface area contributed by atoms with Crippen molar-refractivity contribution in [1.29, 1.82) is 0 Å². The van der Waals surface area contributed by atoms with Crippen LogP contribution in [0.2, 0.25) is 0 Å². The molecule has 0 radical (unpaired) electrons. The normalized spacial score (nSPS) is 11.6. The highest BCUT2D eigenvalue weighted by molar-refractivity contribution is 5.92. The number of nitrogens with zero attached hydrogens (tertiary/aromatic N) is 2. The van der Waals surface area contributed by atoms with E-state index in [4.69, 9.17) is 4.74 Å². The molecule has 0 saturated heterocycles.